The summed E-state index contributed by atoms with van der Waals surface area (Å²) in [6.07, 6.45) is 2.33. The topological polar surface area (TPSA) is 48.1 Å². The van der Waals surface area contributed by atoms with E-state index in [1.54, 1.807) is 0 Å². The maximum atomic E-state index is 12.4. The summed E-state index contributed by atoms with van der Waals surface area (Å²) in [6, 6.07) is 16.6. The Balaban J connectivity index is 1.60. The Hall–Kier alpha value is -2.75. The van der Waals surface area contributed by atoms with Gasteiger partial charge in [-0.25, -0.2) is 0 Å². The van der Waals surface area contributed by atoms with Gasteiger partial charge in [0.2, 0.25) is 5.91 Å². The SMILES string of the molecule is CCN(CCNC(=O)Cc1c[nH]c2ccccc12)c1ccccc1C(C)(C)C. The van der Waals surface area contributed by atoms with Crippen molar-refractivity contribution in [2.45, 2.75) is 39.5 Å². The van der Waals surface area contributed by atoms with E-state index in [0.29, 0.717) is 13.0 Å². The van der Waals surface area contributed by atoms with E-state index in [2.05, 4.69) is 73.2 Å². The number of rotatable bonds is 7. The molecular formula is C24H31N3O. The Labute approximate surface area is 167 Å². The van der Waals surface area contributed by atoms with Crippen LogP contribution in [0.15, 0.2) is 54.7 Å². The van der Waals surface area contributed by atoms with Crippen molar-refractivity contribution in [1.82, 2.24) is 10.3 Å². The molecule has 2 N–H and O–H groups in total. The van der Waals surface area contributed by atoms with E-state index in [-0.39, 0.29) is 11.3 Å². The number of hydrogen-bond donors (Lipinski definition) is 2. The molecule has 0 saturated heterocycles. The molecule has 2 aromatic carbocycles. The summed E-state index contributed by atoms with van der Waals surface area (Å²) in [6.45, 7) is 11.2. The van der Waals surface area contributed by atoms with Gasteiger partial charge in [0.15, 0.2) is 0 Å². The molecule has 0 aliphatic rings. The van der Waals surface area contributed by atoms with Gasteiger partial charge in [0.25, 0.3) is 0 Å². The van der Waals surface area contributed by atoms with Crippen LogP contribution in [0.4, 0.5) is 5.69 Å². The predicted octanol–water partition coefficient (Wildman–Crippen LogP) is 4.65. The largest absolute Gasteiger partial charge is 0.370 e. The maximum absolute atomic E-state index is 12.4. The van der Waals surface area contributed by atoms with Gasteiger partial charge in [0.1, 0.15) is 0 Å². The molecule has 0 saturated carbocycles. The number of anilines is 1. The minimum Gasteiger partial charge on any atom is -0.370 e. The number of carbonyl (C=O) groups is 1. The highest BCUT2D eigenvalue weighted by molar-refractivity contribution is 5.88. The van der Waals surface area contributed by atoms with E-state index in [9.17, 15) is 4.79 Å². The quantitative estimate of drug-likeness (QED) is 0.630. The van der Waals surface area contributed by atoms with Gasteiger partial charge in [-0.2, -0.15) is 0 Å². The average Bonchev–Trinajstić information content (AvgIpc) is 3.07. The number of H-pyrrole nitrogens is 1. The molecule has 0 radical (unpaired) electrons. The smallest absolute Gasteiger partial charge is 0.224 e. The maximum Gasteiger partial charge on any atom is 0.224 e. The molecule has 0 fully saturated rings. The van der Waals surface area contributed by atoms with Crippen molar-refractivity contribution in [3.05, 3.63) is 65.9 Å². The van der Waals surface area contributed by atoms with Crippen molar-refractivity contribution < 1.29 is 4.79 Å². The van der Waals surface area contributed by atoms with Crippen LogP contribution in [0.1, 0.15) is 38.8 Å². The molecule has 0 spiro atoms. The molecule has 148 valence electrons. The van der Waals surface area contributed by atoms with Crippen LogP contribution < -0.4 is 10.2 Å². The third kappa shape index (κ3) is 4.56. The number of para-hydroxylation sites is 2. The van der Waals surface area contributed by atoms with E-state index in [4.69, 9.17) is 0 Å². The summed E-state index contributed by atoms with van der Waals surface area (Å²) in [4.78, 5) is 18.0. The number of likely N-dealkylation sites (N-methyl/N-ethyl adjacent to an activating group) is 1. The van der Waals surface area contributed by atoms with Gasteiger partial charge >= 0.3 is 0 Å². The number of carbonyl (C=O) groups excluding carboxylic acids is 1. The Bertz CT molecular complexity index is 936. The van der Waals surface area contributed by atoms with Crippen LogP contribution >= 0.6 is 0 Å². The van der Waals surface area contributed by atoms with Crippen LogP contribution in [0, 0.1) is 0 Å². The molecule has 4 nitrogen and oxygen atoms in total. The fourth-order valence-corrected chi connectivity index (χ4v) is 3.68. The van der Waals surface area contributed by atoms with Gasteiger partial charge < -0.3 is 15.2 Å². The van der Waals surface area contributed by atoms with Crippen LogP contribution in [0.25, 0.3) is 10.9 Å². The van der Waals surface area contributed by atoms with E-state index in [1.165, 1.54) is 11.3 Å². The summed E-state index contributed by atoms with van der Waals surface area (Å²) in [5.74, 6) is 0.0601. The second-order valence-electron chi connectivity index (χ2n) is 8.23. The molecule has 3 aromatic rings. The summed E-state index contributed by atoms with van der Waals surface area (Å²) < 4.78 is 0. The number of aromatic amines is 1. The van der Waals surface area contributed by atoms with Crippen LogP contribution in [0.2, 0.25) is 0 Å². The Morgan fingerprint density at radius 3 is 2.54 bits per heavy atom. The molecule has 1 amide bonds. The highest BCUT2D eigenvalue weighted by Gasteiger charge is 2.20. The molecular weight excluding hydrogens is 346 g/mol. The zero-order chi connectivity index (χ0) is 20.1. The minimum atomic E-state index is 0.0601. The second kappa shape index (κ2) is 8.51. The minimum absolute atomic E-state index is 0.0601. The number of nitrogens with one attached hydrogen (secondary N) is 2. The fourth-order valence-electron chi connectivity index (χ4n) is 3.68. The van der Waals surface area contributed by atoms with Crippen molar-refractivity contribution in [3.63, 3.8) is 0 Å². The van der Waals surface area contributed by atoms with E-state index < -0.39 is 0 Å². The lowest BCUT2D eigenvalue weighted by molar-refractivity contribution is -0.120. The first-order chi connectivity index (χ1) is 13.4. The fraction of sp³-hybridized carbons (Fsp3) is 0.375. The lowest BCUT2D eigenvalue weighted by Gasteiger charge is -2.31. The first-order valence-electron chi connectivity index (χ1n) is 10.1. The molecule has 4 heteroatoms. The van der Waals surface area contributed by atoms with Crippen LogP contribution in [0.3, 0.4) is 0 Å². The van der Waals surface area contributed by atoms with Crippen molar-refractivity contribution in [2.75, 3.05) is 24.5 Å². The van der Waals surface area contributed by atoms with E-state index in [0.717, 1.165) is 29.6 Å². The van der Waals surface area contributed by atoms with E-state index in [1.807, 2.05) is 24.4 Å². The first kappa shape index (κ1) is 20.0. The number of aromatic nitrogens is 1. The van der Waals surface area contributed by atoms with Gasteiger partial charge in [0.05, 0.1) is 6.42 Å². The van der Waals surface area contributed by atoms with E-state index >= 15 is 0 Å². The zero-order valence-electron chi connectivity index (χ0n) is 17.4. The first-order valence-corrected chi connectivity index (χ1v) is 10.1. The number of benzene rings is 2. The van der Waals surface area contributed by atoms with Gasteiger partial charge in [-0.05, 0) is 35.6 Å². The molecule has 0 unspecified atom stereocenters. The lowest BCUT2D eigenvalue weighted by atomic mass is 9.85. The van der Waals surface area contributed by atoms with Gasteiger partial charge in [-0.1, -0.05) is 57.2 Å². The van der Waals surface area contributed by atoms with Crippen molar-refractivity contribution in [2.24, 2.45) is 0 Å². The Kier molecular flexibility index (Phi) is 6.08. The normalized spacial score (nSPS) is 11.6. The molecule has 0 aliphatic carbocycles. The standard InChI is InChI=1S/C24H31N3O/c1-5-27(22-13-9-7-11-20(22)24(2,3)4)15-14-25-23(28)16-18-17-26-21-12-8-6-10-19(18)21/h6-13,17,26H,5,14-16H2,1-4H3,(H,25,28). The third-order valence-electron chi connectivity index (χ3n) is 5.16. The number of amides is 1. The van der Waals surface area contributed by atoms with Crippen LogP contribution in [-0.4, -0.2) is 30.5 Å². The second-order valence-corrected chi connectivity index (χ2v) is 8.23. The summed E-state index contributed by atoms with van der Waals surface area (Å²) >= 11 is 0. The molecule has 0 atom stereocenters. The number of hydrogen-bond acceptors (Lipinski definition) is 2. The number of nitrogens with zero attached hydrogens (tertiary/aromatic N) is 1. The lowest BCUT2D eigenvalue weighted by Crippen LogP contribution is -2.36. The third-order valence-corrected chi connectivity index (χ3v) is 5.16. The van der Waals surface area contributed by atoms with Gasteiger partial charge in [0, 0.05) is 42.4 Å². The monoisotopic (exact) mass is 377 g/mol. The highest BCUT2D eigenvalue weighted by atomic mass is 16.1. The van der Waals surface area contributed by atoms with Crippen molar-refractivity contribution in [1.29, 1.82) is 0 Å². The molecule has 0 bridgehead atoms. The highest BCUT2D eigenvalue weighted by Crippen LogP contribution is 2.31. The van der Waals surface area contributed by atoms with Crippen molar-refractivity contribution >= 4 is 22.5 Å². The van der Waals surface area contributed by atoms with Crippen molar-refractivity contribution in [3.8, 4) is 0 Å². The van der Waals surface area contributed by atoms with Gasteiger partial charge in [-0.3, -0.25) is 4.79 Å². The predicted molar refractivity (Wildman–Crippen MR) is 118 cm³/mol. The average molecular weight is 378 g/mol. The summed E-state index contributed by atoms with van der Waals surface area (Å²) in [5, 5.41) is 4.20. The molecule has 28 heavy (non-hydrogen) atoms. The Morgan fingerprint density at radius 2 is 1.79 bits per heavy atom. The molecule has 0 aliphatic heterocycles. The summed E-state index contributed by atoms with van der Waals surface area (Å²) in [5.41, 5.74) is 4.79. The summed E-state index contributed by atoms with van der Waals surface area (Å²) in [7, 11) is 0. The van der Waals surface area contributed by atoms with Crippen LogP contribution in [0.5, 0.6) is 0 Å². The zero-order valence-corrected chi connectivity index (χ0v) is 17.4. The molecule has 3 rings (SSSR count). The molecule has 1 aromatic heterocycles. The number of fused-ring (bicyclic) bond motifs is 1. The molecule has 1 heterocycles. The van der Waals surface area contributed by atoms with Gasteiger partial charge in [-0.15, -0.1) is 0 Å². The Morgan fingerprint density at radius 1 is 1.07 bits per heavy atom. The van der Waals surface area contributed by atoms with Crippen LogP contribution in [-0.2, 0) is 16.6 Å².